The summed E-state index contributed by atoms with van der Waals surface area (Å²) < 4.78 is 5.28. The van der Waals surface area contributed by atoms with Gasteiger partial charge in [0, 0.05) is 44.7 Å². The fraction of sp³-hybridized carbons (Fsp3) is 0.440. The minimum Gasteiger partial charge on any atom is -0.383 e. The highest BCUT2D eigenvalue weighted by Crippen LogP contribution is 2.34. The third-order valence-electron chi connectivity index (χ3n) is 6.61. The number of ether oxygens (including phenoxy) is 1. The monoisotopic (exact) mass is 455 g/mol. The number of hydrogen-bond acceptors (Lipinski definition) is 4. The Labute approximate surface area is 194 Å². The Bertz CT molecular complexity index is 927. The van der Waals surface area contributed by atoms with E-state index in [1.807, 2.05) is 54.6 Å². The van der Waals surface area contributed by atoms with Gasteiger partial charge in [-0.05, 0) is 36.1 Å². The number of carbonyl (C=O) groups excluding carboxylic acids is 2. The average Bonchev–Trinajstić information content (AvgIpc) is 2.81. The van der Waals surface area contributed by atoms with Crippen molar-refractivity contribution in [1.29, 1.82) is 0 Å². The molecule has 1 unspecified atom stereocenters. The van der Waals surface area contributed by atoms with E-state index in [0.29, 0.717) is 32.4 Å². The number of nitrogens with zero attached hydrogens (tertiary/aromatic N) is 2. The first-order valence-electron chi connectivity index (χ1n) is 11.1. The lowest BCUT2D eigenvalue weighted by Crippen LogP contribution is -2.73. The summed E-state index contributed by atoms with van der Waals surface area (Å²) in [5, 5.41) is 3.77. The molecular weight excluding hydrogens is 426 g/mol. The van der Waals surface area contributed by atoms with E-state index in [9.17, 15) is 9.59 Å². The molecule has 0 aromatic heterocycles. The molecule has 0 saturated carbocycles. The summed E-state index contributed by atoms with van der Waals surface area (Å²) in [4.78, 5) is 31.0. The molecule has 2 aliphatic heterocycles. The molecule has 1 spiro atoms. The van der Waals surface area contributed by atoms with Crippen LogP contribution in [0.15, 0.2) is 54.6 Å². The van der Waals surface area contributed by atoms with Gasteiger partial charge < -0.3 is 15.0 Å². The standard InChI is InChI=1S/C25H30ClN3O3/c1-32-16-15-29-23(30)22(17-19-5-3-2-4-6-19)27-24(31)25(29)11-13-28(14-12-25)18-20-7-9-21(26)10-8-20/h2-10,22H,11-18H2,1H3,(H,27,31). The predicted molar refractivity (Wildman–Crippen MR) is 124 cm³/mol. The second-order valence-electron chi connectivity index (χ2n) is 8.63. The van der Waals surface area contributed by atoms with E-state index in [4.69, 9.17) is 16.3 Å². The van der Waals surface area contributed by atoms with Crippen LogP contribution >= 0.6 is 11.6 Å². The molecule has 1 N–H and O–H groups in total. The van der Waals surface area contributed by atoms with Crippen LogP contribution in [0.2, 0.25) is 5.02 Å². The van der Waals surface area contributed by atoms with Gasteiger partial charge in [0.15, 0.2) is 0 Å². The quantitative estimate of drug-likeness (QED) is 0.697. The summed E-state index contributed by atoms with van der Waals surface area (Å²) >= 11 is 6.00. The zero-order valence-corrected chi connectivity index (χ0v) is 19.2. The molecular formula is C25H30ClN3O3. The number of methoxy groups -OCH3 is 1. The average molecular weight is 456 g/mol. The van der Waals surface area contributed by atoms with E-state index in [1.54, 1.807) is 12.0 Å². The molecule has 0 bridgehead atoms. The number of piperidine rings is 1. The number of benzene rings is 2. The molecule has 6 nitrogen and oxygen atoms in total. The Morgan fingerprint density at radius 1 is 1.03 bits per heavy atom. The summed E-state index contributed by atoms with van der Waals surface area (Å²) in [5.74, 6) is -0.0584. The van der Waals surface area contributed by atoms with Crippen molar-refractivity contribution in [2.24, 2.45) is 0 Å². The lowest BCUT2D eigenvalue weighted by atomic mass is 9.81. The van der Waals surface area contributed by atoms with Crippen LogP contribution in [0.5, 0.6) is 0 Å². The molecule has 2 aromatic carbocycles. The largest absolute Gasteiger partial charge is 0.383 e. The topological polar surface area (TPSA) is 61.9 Å². The van der Waals surface area contributed by atoms with Gasteiger partial charge in [-0.25, -0.2) is 0 Å². The minimum absolute atomic E-state index is 0.0170. The van der Waals surface area contributed by atoms with Crippen LogP contribution in [-0.4, -0.2) is 66.5 Å². The number of carbonyl (C=O) groups is 2. The van der Waals surface area contributed by atoms with E-state index < -0.39 is 11.6 Å². The second kappa shape index (κ2) is 10.0. The van der Waals surface area contributed by atoms with Crippen LogP contribution in [0.3, 0.4) is 0 Å². The van der Waals surface area contributed by atoms with Crippen molar-refractivity contribution >= 4 is 23.4 Å². The van der Waals surface area contributed by atoms with Crippen LogP contribution < -0.4 is 5.32 Å². The third-order valence-corrected chi connectivity index (χ3v) is 6.87. The van der Waals surface area contributed by atoms with Gasteiger partial charge in [-0.1, -0.05) is 54.1 Å². The van der Waals surface area contributed by atoms with Crippen molar-refractivity contribution in [2.75, 3.05) is 33.4 Å². The van der Waals surface area contributed by atoms with E-state index in [-0.39, 0.29) is 11.8 Å². The smallest absolute Gasteiger partial charge is 0.246 e. The van der Waals surface area contributed by atoms with E-state index >= 15 is 0 Å². The van der Waals surface area contributed by atoms with E-state index in [1.165, 1.54) is 5.56 Å². The number of halogens is 1. The molecule has 0 aliphatic carbocycles. The van der Waals surface area contributed by atoms with Crippen LogP contribution in [0, 0.1) is 0 Å². The molecule has 32 heavy (non-hydrogen) atoms. The lowest BCUT2D eigenvalue weighted by molar-refractivity contribution is -0.162. The maximum Gasteiger partial charge on any atom is 0.246 e. The van der Waals surface area contributed by atoms with Crippen LogP contribution in [0.1, 0.15) is 24.0 Å². The first kappa shape index (κ1) is 22.8. The molecule has 2 saturated heterocycles. The van der Waals surface area contributed by atoms with Gasteiger partial charge in [-0.2, -0.15) is 0 Å². The van der Waals surface area contributed by atoms with Gasteiger partial charge in [0.05, 0.1) is 6.61 Å². The fourth-order valence-corrected chi connectivity index (χ4v) is 4.92. The summed E-state index contributed by atoms with van der Waals surface area (Å²) in [6.07, 6.45) is 1.72. The Hall–Kier alpha value is -2.41. The summed E-state index contributed by atoms with van der Waals surface area (Å²) in [7, 11) is 1.62. The first-order valence-corrected chi connectivity index (χ1v) is 11.5. The van der Waals surface area contributed by atoms with Crippen molar-refractivity contribution in [3.05, 3.63) is 70.7 Å². The van der Waals surface area contributed by atoms with Crippen molar-refractivity contribution in [2.45, 2.75) is 37.4 Å². The number of rotatable bonds is 7. The summed E-state index contributed by atoms with van der Waals surface area (Å²) in [5.41, 5.74) is 1.42. The zero-order chi connectivity index (χ0) is 22.6. The number of piperazine rings is 1. The van der Waals surface area contributed by atoms with Crippen molar-refractivity contribution in [1.82, 2.24) is 15.1 Å². The normalized spacial score (nSPS) is 21.1. The lowest BCUT2D eigenvalue weighted by Gasteiger charge is -2.51. The molecule has 170 valence electrons. The van der Waals surface area contributed by atoms with E-state index in [0.717, 1.165) is 30.2 Å². The zero-order valence-electron chi connectivity index (χ0n) is 18.4. The fourth-order valence-electron chi connectivity index (χ4n) is 4.80. The number of hydrogen-bond donors (Lipinski definition) is 1. The number of amides is 2. The summed E-state index contributed by atoms with van der Waals surface area (Å²) in [6, 6.07) is 17.1. The molecule has 2 fully saturated rings. The van der Waals surface area contributed by atoms with Gasteiger partial charge in [0.1, 0.15) is 11.6 Å². The SMILES string of the molecule is COCCN1C(=O)C(Cc2ccccc2)NC(=O)C12CCN(Cc1ccc(Cl)cc1)CC2. The molecule has 4 rings (SSSR count). The highest BCUT2D eigenvalue weighted by atomic mass is 35.5. The highest BCUT2D eigenvalue weighted by molar-refractivity contribution is 6.30. The molecule has 2 heterocycles. The number of nitrogens with one attached hydrogen (secondary N) is 1. The Morgan fingerprint density at radius 3 is 2.38 bits per heavy atom. The Kier molecular flexibility index (Phi) is 7.13. The molecule has 2 aromatic rings. The number of likely N-dealkylation sites (tertiary alicyclic amines) is 1. The van der Waals surface area contributed by atoms with Crippen molar-refractivity contribution < 1.29 is 14.3 Å². The van der Waals surface area contributed by atoms with Gasteiger partial charge in [-0.3, -0.25) is 14.5 Å². The Balaban J connectivity index is 1.47. The molecule has 0 radical (unpaired) electrons. The maximum atomic E-state index is 13.5. The van der Waals surface area contributed by atoms with E-state index in [2.05, 4.69) is 10.2 Å². The predicted octanol–water partition coefficient (Wildman–Crippen LogP) is 2.89. The molecule has 7 heteroatoms. The van der Waals surface area contributed by atoms with Crippen molar-refractivity contribution in [3.63, 3.8) is 0 Å². The molecule has 1 atom stereocenters. The first-order chi connectivity index (χ1) is 15.5. The Morgan fingerprint density at radius 2 is 1.72 bits per heavy atom. The second-order valence-corrected chi connectivity index (χ2v) is 9.07. The highest BCUT2D eigenvalue weighted by Gasteiger charge is 2.53. The third kappa shape index (κ3) is 4.82. The van der Waals surface area contributed by atoms with Crippen LogP contribution in [0.4, 0.5) is 0 Å². The molecule has 2 aliphatic rings. The van der Waals surface area contributed by atoms with Gasteiger partial charge in [-0.15, -0.1) is 0 Å². The van der Waals surface area contributed by atoms with Gasteiger partial charge in [0.2, 0.25) is 11.8 Å². The minimum atomic E-state index is -0.806. The maximum absolute atomic E-state index is 13.5. The van der Waals surface area contributed by atoms with Crippen LogP contribution in [0.25, 0.3) is 0 Å². The van der Waals surface area contributed by atoms with Gasteiger partial charge in [0.25, 0.3) is 0 Å². The summed E-state index contributed by atoms with van der Waals surface area (Å²) in [6.45, 7) is 3.13. The molecule has 2 amide bonds. The van der Waals surface area contributed by atoms with Gasteiger partial charge >= 0.3 is 0 Å². The van der Waals surface area contributed by atoms with Crippen LogP contribution in [-0.2, 0) is 27.3 Å². The van der Waals surface area contributed by atoms with Crippen molar-refractivity contribution in [3.8, 4) is 0 Å².